The van der Waals surface area contributed by atoms with Crippen LogP contribution in [0.2, 0.25) is 0 Å². The molecule has 0 saturated heterocycles. The zero-order chi connectivity index (χ0) is 13.5. The number of benzene rings is 2. The van der Waals surface area contributed by atoms with Gasteiger partial charge in [0.15, 0.2) is 0 Å². The van der Waals surface area contributed by atoms with E-state index in [4.69, 9.17) is 0 Å². The fourth-order valence-electron chi connectivity index (χ4n) is 2.24. The van der Waals surface area contributed by atoms with Crippen LogP contribution in [0, 0.1) is 11.3 Å². The molecule has 4 heteroatoms. The van der Waals surface area contributed by atoms with Gasteiger partial charge < -0.3 is 0 Å². The van der Waals surface area contributed by atoms with E-state index in [1.165, 1.54) is 11.5 Å². The lowest BCUT2D eigenvalue weighted by atomic mass is 10.0. The largest absolute Gasteiger partial charge is 0.219 e. The van der Waals surface area contributed by atoms with E-state index in [0.29, 0.717) is 21.6 Å². The Balaban J connectivity index is 2.66. The Kier molecular flexibility index (Phi) is 2.51. The predicted molar refractivity (Wildman–Crippen MR) is 71.9 cm³/mol. The molecular formula is C15H9NO2S. The van der Waals surface area contributed by atoms with Gasteiger partial charge in [0, 0.05) is 16.2 Å². The van der Waals surface area contributed by atoms with Gasteiger partial charge in [-0.05, 0) is 11.3 Å². The average molecular weight is 267 g/mol. The van der Waals surface area contributed by atoms with E-state index in [1.54, 1.807) is 42.5 Å². The van der Waals surface area contributed by atoms with Gasteiger partial charge in [-0.3, -0.25) is 0 Å². The van der Waals surface area contributed by atoms with Crippen molar-refractivity contribution >= 4 is 20.8 Å². The quantitative estimate of drug-likeness (QED) is 0.713. The highest BCUT2D eigenvalue weighted by atomic mass is 32.2. The van der Waals surface area contributed by atoms with E-state index in [2.05, 4.69) is 6.07 Å². The van der Waals surface area contributed by atoms with Crippen molar-refractivity contribution in [1.82, 2.24) is 0 Å². The van der Waals surface area contributed by atoms with Crippen molar-refractivity contribution < 1.29 is 8.42 Å². The van der Waals surface area contributed by atoms with E-state index in [1.807, 2.05) is 0 Å². The lowest BCUT2D eigenvalue weighted by Gasteiger charge is -2.04. The van der Waals surface area contributed by atoms with Gasteiger partial charge in [0.1, 0.15) is 6.07 Å². The molecule has 0 amide bonds. The number of fused-ring (bicyclic) bond motifs is 2. The van der Waals surface area contributed by atoms with E-state index in [-0.39, 0.29) is 4.90 Å². The second-order valence-corrected chi connectivity index (χ2v) is 6.00. The number of nitriles is 1. The summed E-state index contributed by atoms with van der Waals surface area (Å²) in [5.41, 5.74) is 0.856. The standard InChI is InChI=1S/C15H9NO2S/c16-9-14-12-6-2-1-5-11(12)10-19(17,18)15-8-4-3-7-13(14)15/h1-8,10H. The van der Waals surface area contributed by atoms with Crippen molar-refractivity contribution in [3.8, 4) is 6.07 Å². The second kappa shape index (κ2) is 4.08. The van der Waals surface area contributed by atoms with Gasteiger partial charge in [0.05, 0.1) is 10.5 Å². The van der Waals surface area contributed by atoms with Gasteiger partial charge in [-0.1, -0.05) is 42.5 Å². The molecule has 0 fully saturated rings. The molecule has 0 atom stereocenters. The third-order valence-corrected chi connectivity index (χ3v) is 4.62. The van der Waals surface area contributed by atoms with Crippen molar-refractivity contribution in [2.24, 2.45) is 0 Å². The van der Waals surface area contributed by atoms with Crippen molar-refractivity contribution in [2.45, 2.75) is 4.90 Å². The number of sulfone groups is 1. The van der Waals surface area contributed by atoms with Crippen LogP contribution in [0.3, 0.4) is 0 Å². The van der Waals surface area contributed by atoms with Crippen LogP contribution in [0.25, 0.3) is 11.0 Å². The van der Waals surface area contributed by atoms with E-state index < -0.39 is 9.84 Å². The molecule has 92 valence electrons. The zero-order valence-electron chi connectivity index (χ0n) is 9.87. The molecule has 2 aromatic rings. The van der Waals surface area contributed by atoms with Crippen molar-refractivity contribution in [2.75, 3.05) is 0 Å². The minimum atomic E-state index is -3.53. The highest BCUT2D eigenvalue weighted by Crippen LogP contribution is 2.24. The normalized spacial score (nSPS) is 15.4. The Morgan fingerprint density at radius 1 is 0.947 bits per heavy atom. The summed E-state index contributed by atoms with van der Waals surface area (Å²) in [6, 6.07) is 15.8. The van der Waals surface area contributed by atoms with Crippen LogP contribution in [-0.2, 0) is 9.84 Å². The van der Waals surface area contributed by atoms with E-state index >= 15 is 0 Å². The fourth-order valence-corrected chi connectivity index (χ4v) is 3.66. The first-order valence-electron chi connectivity index (χ1n) is 5.69. The maximum atomic E-state index is 12.3. The molecule has 0 radical (unpaired) electrons. The summed E-state index contributed by atoms with van der Waals surface area (Å²) in [5, 5.41) is 11.8. The highest BCUT2D eigenvalue weighted by Gasteiger charge is 2.21. The summed E-state index contributed by atoms with van der Waals surface area (Å²) in [5.74, 6) is 0. The lowest BCUT2D eigenvalue weighted by molar-refractivity contribution is 0.606. The van der Waals surface area contributed by atoms with Gasteiger partial charge in [-0.15, -0.1) is 0 Å². The summed E-state index contributed by atoms with van der Waals surface area (Å²) >= 11 is 0. The van der Waals surface area contributed by atoms with Crippen molar-refractivity contribution in [1.29, 1.82) is 5.26 Å². The Labute approximate surface area is 110 Å². The molecule has 19 heavy (non-hydrogen) atoms. The monoisotopic (exact) mass is 267 g/mol. The molecule has 1 aliphatic heterocycles. The molecule has 0 bridgehead atoms. The molecule has 0 aliphatic carbocycles. The molecule has 0 unspecified atom stereocenters. The number of hydrogen-bond acceptors (Lipinski definition) is 3. The Morgan fingerprint density at radius 2 is 1.63 bits per heavy atom. The molecule has 0 saturated carbocycles. The van der Waals surface area contributed by atoms with Crippen LogP contribution in [0.4, 0.5) is 0 Å². The van der Waals surface area contributed by atoms with Crippen molar-refractivity contribution in [3.05, 3.63) is 64.5 Å². The minimum absolute atomic E-state index is 0.183. The topological polar surface area (TPSA) is 57.9 Å². The van der Waals surface area contributed by atoms with Crippen LogP contribution >= 0.6 is 0 Å². The van der Waals surface area contributed by atoms with Crippen LogP contribution < -0.4 is 10.4 Å². The summed E-state index contributed by atoms with van der Waals surface area (Å²) in [7, 11) is -3.53. The minimum Gasteiger partial charge on any atom is -0.219 e. The molecule has 2 aromatic carbocycles. The van der Waals surface area contributed by atoms with E-state index in [9.17, 15) is 13.7 Å². The molecule has 1 aliphatic rings. The van der Waals surface area contributed by atoms with Crippen LogP contribution in [0.15, 0.2) is 53.4 Å². The van der Waals surface area contributed by atoms with Gasteiger partial charge in [-0.2, -0.15) is 5.26 Å². The summed E-state index contributed by atoms with van der Waals surface area (Å²) < 4.78 is 24.7. The number of nitrogens with zero attached hydrogens (tertiary/aromatic N) is 1. The van der Waals surface area contributed by atoms with Crippen LogP contribution in [-0.4, -0.2) is 8.42 Å². The third kappa shape index (κ3) is 1.76. The van der Waals surface area contributed by atoms with E-state index in [0.717, 1.165) is 0 Å². The SMILES string of the molecule is N#CC1=c2ccccc2=CS(=O)(=O)c2ccccc21. The third-order valence-electron chi connectivity index (χ3n) is 3.09. The van der Waals surface area contributed by atoms with Gasteiger partial charge in [0.2, 0.25) is 9.84 Å². The van der Waals surface area contributed by atoms with Crippen LogP contribution in [0.5, 0.6) is 0 Å². The molecule has 0 N–H and O–H groups in total. The van der Waals surface area contributed by atoms with Gasteiger partial charge in [0.25, 0.3) is 0 Å². The molecule has 0 aromatic heterocycles. The van der Waals surface area contributed by atoms with Gasteiger partial charge >= 0.3 is 0 Å². The Morgan fingerprint density at radius 3 is 2.42 bits per heavy atom. The molecule has 0 spiro atoms. The first-order chi connectivity index (χ1) is 9.13. The van der Waals surface area contributed by atoms with Gasteiger partial charge in [-0.25, -0.2) is 8.42 Å². The zero-order valence-corrected chi connectivity index (χ0v) is 10.7. The summed E-state index contributed by atoms with van der Waals surface area (Å²) in [4.78, 5) is 0.183. The molecule has 1 heterocycles. The predicted octanol–water partition coefficient (Wildman–Crippen LogP) is 0.934. The lowest BCUT2D eigenvalue weighted by Crippen LogP contribution is -2.26. The van der Waals surface area contributed by atoms with Crippen LogP contribution in [0.1, 0.15) is 5.56 Å². The summed E-state index contributed by atoms with van der Waals surface area (Å²) in [6.07, 6.45) is 0. The van der Waals surface area contributed by atoms with Crippen molar-refractivity contribution in [3.63, 3.8) is 0 Å². The first kappa shape index (κ1) is 11.7. The smallest absolute Gasteiger partial charge is 0.201 e. The summed E-state index contributed by atoms with van der Waals surface area (Å²) in [6.45, 7) is 0. The first-order valence-corrected chi connectivity index (χ1v) is 7.24. The Bertz CT molecular complexity index is 935. The maximum Gasteiger partial charge on any atom is 0.201 e. The Hall–Kier alpha value is -2.38. The average Bonchev–Trinajstić information content (AvgIpc) is 2.50. The molecule has 3 rings (SSSR count). The fraction of sp³-hybridized carbons (Fsp3) is 0. The maximum absolute atomic E-state index is 12.3. The molecular weight excluding hydrogens is 258 g/mol. The number of rotatable bonds is 0. The second-order valence-electron chi connectivity index (χ2n) is 4.23. The molecule has 3 nitrogen and oxygen atoms in total. The highest BCUT2D eigenvalue weighted by molar-refractivity contribution is 7.98. The number of hydrogen-bond donors (Lipinski definition) is 0.